The van der Waals surface area contributed by atoms with Crippen molar-refractivity contribution in [2.45, 2.75) is 44.2 Å². The van der Waals surface area contributed by atoms with E-state index in [9.17, 15) is 13.2 Å². The van der Waals surface area contributed by atoms with E-state index in [1.807, 2.05) is 0 Å². The number of nitrogens with two attached hydrogens (primary N) is 1. The molecule has 1 amide bonds. The Morgan fingerprint density at radius 3 is 2.47 bits per heavy atom. The molecule has 0 radical (unpaired) electrons. The molecule has 1 unspecified atom stereocenters. The Kier molecular flexibility index (Phi) is 5.65. The molecule has 3 atom stereocenters. The Labute approximate surface area is 121 Å². The van der Waals surface area contributed by atoms with Crippen LogP contribution in [0.15, 0.2) is 0 Å². The van der Waals surface area contributed by atoms with Gasteiger partial charge in [-0.2, -0.15) is 0 Å². The third kappa shape index (κ3) is 4.07. The highest BCUT2D eigenvalue weighted by molar-refractivity contribution is 7.91. The smallest absolute Gasteiger partial charge is 0.222 e. The van der Waals surface area contributed by atoms with Crippen molar-refractivity contribution in [2.24, 2.45) is 11.7 Å². The molecule has 2 rings (SSSR count). The minimum absolute atomic E-state index is 0. The van der Waals surface area contributed by atoms with Gasteiger partial charge >= 0.3 is 0 Å². The van der Waals surface area contributed by atoms with Gasteiger partial charge in [0.05, 0.1) is 11.5 Å². The van der Waals surface area contributed by atoms with Gasteiger partial charge in [0, 0.05) is 25.6 Å². The highest BCUT2D eigenvalue weighted by Gasteiger charge is 2.34. The largest absolute Gasteiger partial charge is 0.342 e. The fourth-order valence-electron chi connectivity index (χ4n) is 2.97. The number of carbonyl (C=O) groups excluding carboxylic acids is 1. The summed E-state index contributed by atoms with van der Waals surface area (Å²) in [7, 11) is -1.21. The van der Waals surface area contributed by atoms with E-state index in [1.165, 1.54) is 0 Å². The number of sulfone groups is 1. The molecular weight excluding hydrogens is 288 g/mol. The highest BCUT2D eigenvalue weighted by atomic mass is 35.5. The molecule has 0 aromatic rings. The Morgan fingerprint density at radius 2 is 2.00 bits per heavy atom. The van der Waals surface area contributed by atoms with Gasteiger partial charge in [-0.1, -0.05) is 6.42 Å². The second-order valence-corrected chi connectivity index (χ2v) is 7.85. The van der Waals surface area contributed by atoms with Crippen molar-refractivity contribution in [3.63, 3.8) is 0 Å². The lowest BCUT2D eigenvalue weighted by Gasteiger charge is -2.25. The summed E-state index contributed by atoms with van der Waals surface area (Å²) in [5.41, 5.74) is 5.96. The molecule has 7 heteroatoms. The van der Waals surface area contributed by atoms with E-state index in [-0.39, 0.29) is 47.8 Å². The van der Waals surface area contributed by atoms with E-state index in [4.69, 9.17) is 5.73 Å². The maximum Gasteiger partial charge on any atom is 0.222 e. The summed E-state index contributed by atoms with van der Waals surface area (Å²) in [5.74, 6) is 0.641. The molecule has 19 heavy (non-hydrogen) atoms. The van der Waals surface area contributed by atoms with E-state index in [0.29, 0.717) is 12.8 Å². The molecule has 1 aliphatic heterocycles. The van der Waals surface area contributed by atoms with Crippen LogP contribution >= 0.6 is 12.4 Å². The standard InChI is InChI=1S/C12H22N2O3S.ClH/c1-14(10-5-6-18(16,17)8-10)12(15)7-9-3-2-4-11(9)13;/h9-11H,2-8,13H2,1H3;1H/t9-,10?,11+;/m0./s1. The third-order valence-corrected chi connectivity index (χ3v) is 6.05. The predicted octanol–water partition coefficient (Wildman–Crippen LogP) is 0.571. The van der Waals surface area contributed by atoms with Gasteiger partial charge in [0.15, 0.2) is 9.84 Å². The van der Waals surface area contributed by atoms with Crippen molar-refractivity contribution in [3.8, 4) is 0 Å². The van der Waals surface area contributed by atoms with Crippen molar-refractivity contribution < 1.29 is 13.2 Å². The van der Waals surface area contributed by atoms with Gasteiger partial charge in [0.2, 0.25) is 5.91 Å². The Hall–Kier alpha value is -0.330. The maximum absolute atomic E-state index is 12.1. The average Bonchev–Trinajstić information content (AvgIpc) is 2.84. The third-order valence-electron chi connectivity index (χ3n) is 4.30. The first-order valence-corrected chi connectivity index (χ1v) is 8.43. The van der Waals surface area contributed by atoms with Crippen LogP contribution in [-0.2, 0) is 14.6 Å². The van der Waals surface area contributed by atoms with Crippen LogP contribution in [0.3, 0.4) is 0 Å². The Bertz CT molecular complexity index is 427. The lowest BCUT2D eigenvalue weighted by molar-refractivity contribution is -0.132. The number of carbonyl (C=O) groups is 1. The fourth-order valence-corrected chi connectivity index (χ4v) is 4.75. The SMILES string of the molecule is CN(C(=O)C[C@@H]1CCC[C@H]1N)C1CCS(=O)(=O)C1.Cl. The lowest BCUT2D eigenvalue weighted by atomic mass is 9.99. The van der Waals surface area contributed by atoms with Crippen LogP contribution in [0.5, 0.6) is 0 Å². The minimum Gasteiger partial charge on any atom is -0.342 e. The van der Waals surface area contributed by atoms with Crippen LogP contribution < -0.4 is 5.73 Å². The summed E-state index contributed by atoms with van der Waals surface area (Å²) in [4.78, 5) is 13.7. The van der Waals surface area contributed by atoms with Crippen LogP contribution in [0, 0.1) is 5.92 Å². The van der Waals surface area contributed by atoms with Crippen LogP contribution in [-0.4, -0.2) is 49.9 Å². The molecule has 0 aromatic carbocycles. The first-order valence-electron chi connectivity index (χ1n) is 6.61. The van der Waals surface area contributed by atoms with Crippen LogP contribution in [0.2, 0.25) is 0 Å². The monoisotopic (exact) mass is 310 g/mol. The predicted molar refractivity (Wildman–Crippen MR) is 77.0 cm³/mol. The van der Waals surface area contributed by atoms with Crippen molar-refractivity contribution in [1.29, 1.82) is 0 Å². The molecule has 2 fully saturated rings. The van der Waals surface area contributed by atoms with E-state index in [0.717, 1.165) is 19.3 Å². The highest BCUT2D eigenvalue weighted by Crippen LogP contribution is 2.28. The van der Waals surface area contributed by atoms with Crippen molar-refractivity contribution >= 4 is 28.2 Å². The van der Waals surface area contributed by atoms with E-state index in [1.54, 1.807) is 11.9 Å². The van der Waals surface area contributed by atoms with E-state index >= 15 is 0 Å². The number of nitrogens with zero attached hydrogens (tertiary/aromatic N) is 1. The van der Waals surface area contributed by atoms with Crippen molar-refractivity contribution in [3.05, 3.63) is 0 Å². The molecule has 1 heterocycles. The van der Waals surface area contributed by atoms with Crippen LogP contribution in [0.1, 0.15) is 32.1 Å². The molecule has 1 aliphatic carbocycles. The number of amides is 1. The van der Waals surface area contributed by atoms with Crippen LogP contribution in [0.4, 0.5) is 0 Å². The normalized spacial score (nSPS) is 32.8. The minimum atomic E-state index is -2.93. The van der Waals surface area contributed by atoms with E-state index < -0.39 is 9.84 Å². The van der Waals surface area contributed by atoms with Crippen molar-refractivity contribution in [2.75, 3.05) is 18.6 Å². The summed E-state index contributed by atoms with van der Waals surface area (Å²) < 4.78 is 22.8. The molecule has 1 saturated carbocycles. The topological polar surface area (TPSA) is 80.5 Å². The molecule has 2 N–H and O–H groups in total. The fraction of sp³-hybridized carbons (Fsp3) is 0.917. The van der Waals surface area contributed by atoms with Gasteiger partial charge in [0.1, 0.15) is 0 Å². The van der Waals surface area contributed by atoms with Gasteiger partial charge in [-0.15, -0.1) is 12.4 Å². The molecular formula is C12H23ClN2O3S. The lowest BCUT2D eigenvalue weighted by Crippen LogP contribution is -2.40. The van der Waals surface area contributed by atoms with Gasteiger partial charge in [-0.25, -0.2) is 8.42 Å². The first-order chi connectivity index (χ1) is 8.39. The van der Waals surface area contributed by atoms with Gasteiger partial charge in [-0.05, 0) is 25.2 Å². The molecule has 0 aromatic heterocycles. The van der Waals surface area contributed by atoms with E-state index in [2.05, 4.69) is 0 Å². The van der Waals surface area contributed by atoms with Gasteiger partial charge in [-0.3, -0.25) is 4.79 Å². The second-order valence-electron chi connectivity index (χ2n) is 5.62. The molecule has 2 aliphatic rings. The van der Waals surface area contributed by atoms with Crippen molar-refractivity contribution in [1.82, 2.24) is 4.90 Å². The first kappa shape index (κ1) is 16.7. The second kappa shape index (κ2) is 6.41. The zero-order valence-corrected chi connectivity index (χ0v) is 12.9. The summed E-state index contributed by atoms with van der Waals surface area (Å²) >= 11 is 0. The molecule has 1 saturated heterocycles. The zero-order valence-electron chi connectivity index (χ0n) is 11.2. The average molecular weight is 311 g/mol. The maximum atomic E-state index is 12.1. The summed E-state index contributed by atoms with van der Waals surface area (Å²) in [6, 6.07) is -0.00483. The number of hydrogen-bond acceptors (Lipinski definition) is 4. The molecule has 0 spiro atoms. The molecule has 0 bridgehead atoms. The van der Waals surface area contributed by atoms with Gasteiger partial charge < -0.3 is 10.6 Å². The molecule has 5 nitrogen and oxygen atoms in total. The summed E-state index contributed by atoms with van der Waals surface area (Å²) in [6.07, 6.45) is 4.15. The summed E-state index contributed by atoms with van der Waals surface area (Å²) in [6.45, 7) is 0. The van der Waals surface area contributed by atoms with Gasteiger partial charge in [0.25, 0.3) is 0 Å². The van der Waals surface area contributed by atoms with Crippen LogP contribution in [0.25, 0.3) is 0 Å². The summed E-state index contributed by atoms with van der Waals surface area (Å²) in [5, 5.41) is 0. The quantitative estimate of drug-likeness (QED) is 0.826. The number of hydrogen-bond donors (Lipinski definition) is 1. The number of halogens is 1. The molecule has 112 valence electrons. The Balaban J connectivity index is 0.00000180. The Morgan fingerprint density at radius 1 is 1.32 bits per heavy atom. The number of rotatable bonds is 3. The zero-order chi connectivity index (χ0) is 13.3.